The number of piperidine rings is 1. The maximum absolute atomic E-state index is 13.6. The fourth-order valence-corrected chi connectivity index (χ4v) is 3.25. The third kappa shape index (κ3) is 2.99. The van der Waals surface area contributed by atoms with Crippen LogP contribution in [0.25, 0.3) is 0 Å². The average Bonchev–Trinajstić information content (AvgIpc) is 2.40. The molecule has 0 atom stereocenters. The number of carbonyl (C=O) groups is 1. The number of rotatable bonds is 2. The van der Waals surface area contributed by atoms with E-state index in [-0.39, 0.29) is 21.9 Å². The Morgan fingerprint density at radius 2 is 1.85 bits per heavy atom. The molecule has 0 aromatic heterocycles. The number of likely N-dealkylation sites (tertiary alicyclic amines) is 1. The molecule has 1 amide bonds. The van der Waals surface area contributed by atoms with Gasteiger partial charge in [0, 0.05) is 18.7 Å². The number of amides is 1. The molecule has 0 unspecified atom stereocenters. The normalized spacial score (nSPS) is 16.2. The van der Waals surface area contributed by atoms with Gasteiger partial charge in [-0.25, -0.2) is 17.9 Å². The Kier molecular flexibility index (Phi) is 4.10. The highest BCUT2D eigenvalue weighted by atomic mass is 32.2. The van der Waals surface area contributed by atoms with Gasteiger partial charge in [-0.05, 0) is 43.9 Å². The first kappa shape index (κ1) is 14.9. The minimum atomic E-state index is -4.05. The van der Waals surface area contributed by atoms with Gasteiger partial charge < -0.3 is 4.90 Å². The van der Waals surface area contributed by atoms with E-state index in [0.717, 1.165) is 31.4 Å². The Morgan fingerprint density at radius 1 is 1.25 bits per heavy atom. The first-order valence-corrected chi connectivity index (χ1v) is 7.97. The summed E-state index contributed by atoms with van der Waals surface area (Å²) in [4.78, 5) is 13.7. The lowest BCUT2D eigenvalue weighted by Gasteiger charge is -2.27. The number of benzene rings is 1. The van der Waals surface area contributed by atoms with Gasteiger partial charge in [0.15, 0.2) is 0 Å². The summed E-state index contributed by atoms with van der Waals surface area (Å²) in [6.45, 7) is 2.69. The van der Waals surface area contributed by atoms with Gasteiger partial charge in [-0.3, -0.25) is 4.79 Å². The van der Waals surface area contributed by atoms with Crippen LogP contribution in [0.15, 0.2) is 17.0 Å². The van der Waals surface area contributed by atoms with Crippen molar-refractivity contribution in [2.75, 3.05) is 13.1 Å². The van der Waals surface area contributed by atoms with E-state index in [1.807, 2.05) is 0 Å². The Labute approximate surface area is 117 Å². The van der Waals surface area contributed by atoms with Gasteiger partial charge in [0.25, 0.3) is 5.91 Å². The second-order valence-corrected chi connectivity index (χ2v) is 6.50. The van der Waals surface area contributed by atoms with Gasteiger partial charge in [-0.15, -0.1) is 0 Å². The fraction of sp³-hybridized carbons (Fsp3) is 0.462. The number of nitrogens with two attached hydrogens (primary N) is 1. The van der Waals surface area contributed by atoms with E-state index < -0.39 is 15.8 Å². The summed E-state index contributed by atoms with van der Waals surface area (Å²) in [7, 11) is -4.05. The van der Waals surface area contributed by atoms with Crippen molar-refractivity contribution in [2.45, 2.75) is 31.1 Å². The predicted octanol–water partition coefficient (Wildman–Crippen LogP) is 1.41. The van der Waals surface area contributed by atoms with Crippen molar-refractivity contribution in [1.29, 1.82) is 0 Å². The number of sulfonamides is 1. The van der Waals surface area contributed by atoms with Crippen molar-refractivity contribution < 1.29 is 17.6 Å². The molecule has 0 spiro atoms. The average molecular weight is 300 g/mol. The molecule has 0 radical (unpaired) electrons. The molecule has 0 bridgehead atoms. The van der Waals surface area contributed by atoms with Crippen LogP contribution >= 0.6 is 0 Å². The SMILES string of the molecule is Cc1c(C(=O)N2CCCCC2)cc(F)cc1S(N)(=O)=O. The molecule has 0 saturated carbocycles. The van der Waals surface area contributed by atoms with Gasteiger partial charge in [-0.2, -0.15) is 0 Å². The molecular weight excluding hydrogens is 283 g/mol. The van der Waals surface area contributed by atoms with Crippen LogP contribution in [-0.2, 0) is 10.0 Å². The largest absolute Gasteiger partial charge is 0.339 e. The maximum atomic E-state index is 13.6. The van der Waals surface area contributed by atoms with Crippen LogP contribution in [0.1, 0.15) is 35.2 Å². The quantitative estimate of drug-likeness (QED) is 0.896. The molecule has 20 heavy (non-hydrogen) atoms. The summed E-state index contributed by atoms with van der Waals surface area (Å²) in [5.41, 5.74) is 0.264. The highest BCUT2D eigenvalue weighted by molar-refractivity contribution is 7.89. The van der Waals surface area contributed by atoms with E-state index in [0.29, 0.717) is 13.1 Å². The zero-order chi connectivity index (χ0) is 14.9. The van der Waals surface area contributed by atoms with Crippen LogP contribution in [0.2, 0.25) is 0 Å². The Bertz CT molecular complexity index is 637. The minimum Gasteiger partial charge on any atom is -0.339 e. The van der Waals surface area contributed by atoms with Crippen LogP contribution < -0.4 is 5.14 Å². The van der Waals surface area contributed by atoms with Crippen molar-refractivity contribution in [1.82, 2.24) is 4.90 Å². The van der Waals surface area contributed by atoms with E-state index in [1.54, 1.807) is 4.90 Å². The van der Waals surface area contributed by atoms with Crippen LogP contribution in [0, 0.1) is 12.7 Å². The van der Waals surface area contributed by atoms with E-state index in [4.69, 9.17) is 5.14 Å². The number of primary sulfonamides is 1. The second-order valence-electron chi connectivity index (χ2n) is 4.97. The van der Waals surface area contributed by atoms with E-state index in [1.165, 1.54) is 6.92 Å². The summed E-state index contributed by atoms with van der Waals surface area (Å²) < 4.78 is 36.5. The summed E-state index contributed by atoms with van der Waals surface area (Å²) in [6.07, 6.45) is 2.87. The van der Waals surface area contributed by atoms with Crippen LogP contribution in [0.4, 0.5) is 4.39 Å². The highest BCUT2D eigenvalue weighted by Gasteiger charge is 2.24. The lowest BCUT2D eigenvalue weighted by atomic mass is 10.0. The third-order valence-electron chi connectivity index (χ3n) is 3.51. The van der Waals surface area contributed by atoms with Gasteiger partial charge >= 0.3 is 0 Å². The number of hydrogen-bond donors (Lipinski definition) is 1. The molecule has 1 heterocycles. The zero-order valence-electron chi connectivity index (χ0n) is 11.2. The first-order chi connectivity index (χ1) is 9.30. The third-order valence-corrected chi connectivity index (χ3v) is 4.54. The van der Waals surface area contributed by atoms with Gasteiger partial charge in [0.1, 0.15) is 5.82 Å². The van der Waals surface area contributed by atoms with E-state index >= 15 is 0 Å². The smallest absolute Gasteiger partial charge is 0.254 e. The maximum Gasteiger partial charge on any atom is 0.254 e. The summed E-state index contributed by atoms with van der Waals surface area (Å²) in [6, 6.07) is 1.92. The minimum absolute atomic E-state index is 0.0657. The molecule has 110 valence electrons. The molecular formula is C13H17FN2O3S. The van der Waals surface area contributed by atoms with Crippen molar-refractivity contribution in [3.63, 3.8) is 0 Å². The summed E-state index contributed by atoms with van der Waals surface area (Å²) in [5.74, 6) is -1.12. The van der Waals surface area contributed by atoms with Gasteiger partial charge in [0.2, 0.25) is 10.0 Å². The van der Waals surface area contributed by atoms with Crippen molar-refractivity contribution in [3.8, 4) is 0 Å². The summed E-state index contributed by atoms with van der Waals surface area (Å²) in [5, 5.41) is 5.05. The highest BCUT2D eigenvalue weighted by Crippen LogP contribution is 2.22. The van der Waals surface area contributed by atoms with Gasteiger partial charge in [-0.1, -0.05) is 0 Å². The molecule has 1 saturated heterocycles. The molecule has 2 N–H and O–H groups in total. The topological polar surface area (TPSA) is 80.5 Å². The number of nitrogens with zero attached hydrogens (tertiary/aromatic N) is 1. The lowest BCUT2D eigenvalue weighted by Crippen LogP contribution is -2.36. The fourth-order valence-electron chi connectivity index (χ4n) is 2.44. The molecule has 2 rings (SSSR count). The molecule has 0 aliphatic carbocycles. The van der Waals surface area contributed by atoms with Crippen LogP contribution in [-0.4, -0.2) is 32.3 Å². The monoisotopic (exact) mass is 300 g/mol. The van der Waals surface area contributed by atoms with E-state index in [9.17, 15) is 17.6 Å². The Morgan fingerprint density at radius 3 is 2.40 bits per heavy atom. The number of halogens is 1. The zero-order valence-corrected chi connectivity index (χ0v) is 12.0. The molecule has 1 aliphatic rings. The molecule has 1 aromatic rings. The molecule has 5 nitrogen and oxygen atoms in total. The lowest BCUT2D eigenvalue weighted by molar-refractivity contribution is 0.0722. The first-order valence-electron chi connectivity index (χ1n) is 6.43. The van der Waals surface area contributed by atoms with Crippen molar-refractivity contribution in [2.24, 2.45) is 5.14 Å². The molecule has 7 heteroatoms. The molecule has 1 fully saturated rings. The predicted molar refractivity (Wildman–Crippen MR) is 72.3 cm³/mol. The Balaban J connectivity index is 2.46. The van der Waals surface area contributed by atoms with Crippen molar-refractivity contribution in [3.05, 3.63) is 29.1 Å². The van der Waals surface area contributed by atoms with Gasteiger partial charge in [0.05, 0.1) is 4.90 Å². The van der Waals surface area contributed by atoms with Crippen molar-refractivity contribution >= 4 is 15.9 Å². The summed E-state index contributed by atoms with van der Waals surface area (Å²) >= 11 is 0. The molecule has 1 aliphatic heterocycles. The van der Waals surface area contributed by atoms with Crippen LogP contribution in [0.3, 0.4) is 0 Å². The number of hydrogen-bond acceptors (Lipinski definition) is 3. The second kappa shape index (κ2) is 5.49. The molecule has 1 aromatic carbocycles. The Hall–Kier alpha value is -1.47. The van der Waals surface area contributed by atoms with E-state index in [2.05, 4.69) is 0 Å². The van der Waals surface area contributed by atoms with Crippen LogP contribution in [0.5, 0.6) is 0 Å². The standard InChI is InChI=1S/C13H17FN2O3S/c1-9-11(13(17)16-5-3-2-4-6-16)7-10(14)8-12(9)20(15,18)19/h7-8H,2-6H2,1H3,(H2,15,18,19). The number of carbonyl (C=O) groups excluding carboxylic acids is 1.